The average molecular weight is 349 g/mol. The molecule has 0 aliphatic carbocycles. The summed E-state index contributed by atoms with van der Waals surface area (Å²) in [5.74, 6) is -1.41. The standard InChI is InChI=1S/C15H31N3O4S/c1-2-3-4-5-6-7-8-9-10-11-12-23(20,21)22-14(19)13-18-15(16)17/h2-13H2,1H3,(H4,16,17,18). The molecule has 0 aromatic heterocycles. The van der Waals surface area contributed by atoms with Gasteiger partial charge in [-0.25, -0.2) is 9.79 Å². The Morgan fingerprint density at radius 2 is 1.39 bits per heavy atom. The molecule has 0 saturated carbocycles. The lowest BCUT2D eigenvalue weighted by Gasteiger charge is -2.05. The SMILES string of the molecule is CCCCCCCCCCCCS(=O)(=O)OC(=O)CN=C(N)N. The summed E-state index contributed by atoms with van der Waals surface area (Å²) in [7, 11) is -3.84. The van der Waals surface area contributed by atoms with E-state index in [2.05, 4.69) is 16.1 Å². The van der Waals surface area contributed by atoms with Crippen LogP contribution in [0.2, 0.25) is 0 Å². The topological polar surface area (TPSA) is 125 Å². The molecule has 7 nitrogen and oxygen atoms in total. The van der Waals surface area contributed by atoms with Gasteiger partial charge in [-0.3, -0.25) is 0 Å². The lowest BCUT2D eigenvalue weighted by Crippen LogP contribution is -2.25. The first-order valence-corrected chi connectivity index (χ1v) is 9.95. The smallest absolute Gasteiger partial charge is 0.343 e. The van der Waals surface area contributed by atoms with Crippen molar-refractivity contribution in [1.82, 2.24) is 0 Å². The summed E-state index contributed by atoms with van der Waals surface area (Å²) in [4.78, 5) is 14.6. The predicted octanol–water partition coefficient (Wildman–Crippen LogP) is 2.05. The maximum absolute atomic E-state index is 11.6. The Morgan fingerprint density at radius 1 is 0.913 bits per heavy atom. The second-order valence-electron chi connectivity index (χ2n) is 5.64. The molecule has 4 N–H and O–H groups in total. The molecule has 0 aliphatic rings. The summed E-state index contributed by atoms with van der Waals surface area (Å²) in [5, 5.41) is 0. The van der Waals surface area contributed by atoms with E-state index in [1.165, 1.54) is 38.5 Å². The van der Waals surface area contributed by atoms with Crippen LogP contribution in [0.1, 0.15) is 71.1 Å². The van der Waals surface area contributed by atoms with Crippen molar-refractivity contribution >= 4 is 22.0 Å². The number of guanidine groups is 1. The highest BCUT2D eigenvalue weighted by Gasteiger charge is 2.16. The number of carbonyl (C=O) groups excluding carboxylic acids is 1. The minimum Gasteiger partial charge on any atom is -0.370 e. The summed E-state index contributed by atoms with van der Waals surface area (Å²) in [6, 6.07) is 0. The number of carbonyl (C=O) groups is 1. The lowest BCUT2D eigenvalue weighted by atomic mass is 10.1. The van der Waals surface area contributed by atoms with Crippen molar-refractivity contribution in [3.63, 3.8) is 0 Å². The zero-order valence-corrected chi connectivity index (χ0v) is 14.9. The van der Waals surface area contributed by atoms with E-state index in [0.717, 1.165) is 19.3 Å². The zero-order valence-electron chi connectivity index (χ0n) is 14.1. The molecule has 0 aromatic rings. The zero-order chi connectivity index (χ0) is 17.6. The maximum Gasteiger partial charge on any atom is 0.343 e. The molecule has 0 spiro atoms. The number of rotatable bonds is 14. The van der Waals surface area contributed by atoms with Crippen molar-refractivity contribution < 1.29 is 17.4 Å². The molecule has 23 heavy (non-hydrogen) atoms. The van der Waals surface area contributed by atoms with Gasteiger partial charge in [-0.15, -0.1) is 0 Å². The van der Waals surface area contributed by atoms with Crippen LogP contribution in [0.15, 0.2) is 4.99 Å². The van der Waals surface area contributed by atoms with Gasteiger partial charge in [-0.05, 0) is 6.42 Å². The summed E-state index contributed by atoms with van der Waals surface area (Å²) >= 11 is 0. The van der Waals surface area contributed by atoms with E-state index in [1.54, 1.807) is 0 Å². The van der Waals surface area contributed by atoms with Crippen LogP contribution >= 0.6 is 0 Å². The van der Waals surface area contributed by atoms with Crippen LogP contribution in [0, 0.1) is 0 Å². The van der Waals surface area contributed by atoms with Gasteiger partial charge in [-0.2, -0.15) is 8.42 Å². The first-order valence-electron chi connectivity index (χ1n) is 8.37. The summed E-state index contributed by atoms with van der Waals surface area (Å²) in [6.07, 6.45) is 11.0. The fourth-order valence-corrected chi connectivity index (χ4v) is 3.11. The van der Waals surface area contributed by atoms with Crippen molar-refractivity contribution in [3.05, 3.63) is 0 Å². The van der Waals surface area contributed by atoms with Crippen LogP contribution < -0.4 is 11.5 Å². The molecule has 0 amide bonds. The number of aliphatic imine (C=N–C) groups is 1. The monoisotopic (exact) mass is 349 g/mol. The molecular formula is C15H31N3O4S. The van der Waals surface area contributed by atoms with Gasteiger partial charge in [0.15, 0.2) is 5.96 Å². The van der Waals surface area contributed by atoms with Crippen molar-refractivity contribution in [2.24, 2.45) is 16.5 Å². The van der Waals surface area contributed by atoms with Gasteiger partial charge in [0.2, 0.25) is 0 Å². The Bertz CT molecular complexity index is 446. The Labute approximate surface area is 140 Å². The molecule has 0 bridgehead atoms. The van der Waals surface area contributed by atoms with E-state index >= 15 is 0 Å². The van der Waals surface area contributed by atoms with E-state index in [1.807, 2.05) is 0 Å². The van der Waals surface area contributed by atoms with Crippen LogP contribution in [0.5, 0.6) is 0 Å². The second kappa shape index (κ2) is 13.2. The average Bonchev–Trinajstić information content (AvgIpc) is 2.46. The van der Waals surface area contributed by atoms with E-state index < -0.39 is 22.6 Å². The first-order chi connectivity index (χ1) is 10.9. The van der Waals surface area contributed by atoms with Crippen LogP contribution in [0.25, 0.3) is 0 Å². The molecule has 0 atom stereocenters. The van der Waals surface area contributed by atoms with Gasteiger partial charge in [0, 0.05) is 0 Å². The van der Waals surface area contributed by atoms with Crippen LogP contribution in [0.3, 0.4) is 0 Å². The molecule has 0 radical (unpaired) electrons. The van der Waals surface area contributed by atoms with Crippen molar-refractivity contribution in [2.75, 3.05) is 12.3 Å². The minimum atomic E-state index is -3.84. The van der Waals surface area contributed by atoms with Gasteiger partial charge >= 0.3 is 16.1 Å². The molecule has 0 aromatic carbocycles. The van der Waals surface area contributed by atoms with Gasteiger partial charge in [0.25, 0.3) is 0 Å². The van der Waals surface area contributed by atoms with Crippen molar-refractivity contribution in [1.29, 1.82) is 0 Å². The molecular weight excluding hydrogens is 318 g/mol. The minimum absolute atomic E-state index is 0.156. The highest BCUT2D eigenvalue weighted by molar-refractivity contribution is 7.87. The normalized spacial score (nSPS) is 11.2. The predicted molar refractivity (Wildman–Crippen MR) is 92.4 cm³/mol. The Morgan fingerprint density at radius 3 is 1.87 bits per heavy atom. The largest absolute Gasteiger partial charge is 0.370 e. The molecule has 0 saturated heterocycles. The summed E-state index contributed by atoms with van der Waals surface area (Å²) in [6.45, 7) is 1.71. The highest BCUT2D eigenvalue weighted by Crippen LogP contribution is 2.11. The molecule has 0 aliphatic heterocycles. The van der Waals surface area contributed by atoms with Crippen LogP contribution in [-0.2, 0) is 19.1 Å². The van der Waals surface area contributed by atoms with Crippen LogP contribution in [-0.4, -0.2) is 32.6 Å². The Balaban J connectivity index is 3.63. The summed E-state index contributed by atoms with van der Waals surface area (Å²) in [5.41, 5.74) is 10.1. The Hall–Kier alpha value is -1.31. The van der Waals surface area contributed by atoms with E-state index in [-0.39, 0.29) is 11.7 Å². The number of hydrogen-bond donors (Lipinski definition) is 2. The van der Waals surface area contributed by atoms with Gasteiger partial charge in [0.05, 0.1) is 5.75 Å². The molecule has 136 valence electrons. The molecule has 0 heterocycles. The third-order valence-corrected chi connectivity index (χ3v) is 4.59. The number of unbranched alkanes of at least 4 members (excludes halogenated alkanes) is 9. The summed E-state index contributed by atoms with van der Waals surface area (Å²) < 4.78 is 27.5. The molecule has 8 heteroatoms. The third kappa shape index (κ3) is 15.4. The maximum atomic E-state index is 11.6. The van der Waals surface area contributed by atoms with E-state index in [9.17, 15) is 13.2 Å². The fourth-order valence-electron chi connectivity index (χ4n) is 2.13. The molecule has 0 fully saturated rings. The molecule has 0 rings (SSSR count). The first kappa shape index (κ1) is 21.7. The molecule has 0 unspecified atom stereocenters. The van der Waals surface area contributed by atoms with Gasteiger partial charge in [-0.1, -0.05) is 64.7 Å². The van der Waals surface area contributed by atoms with Gasteiger partial charge < -0.3 is 15.7 Å². The van der Waals surface area contributed by atoms with Crippen molar-refractivity contribution in [3.8, 4) is 0 Å². The number of nitrogens with two attached hydrogens (primary N) is 2. The number of nitrogens with zero attached hydrogens (tertiary/aromatic N) is 1. The highest BCUT2D eigenvalue weighted by atomic mass is 32.2. The van der Waals surface area contributed by atoms with Gasteiger partial charge in [0.1, 0.15) is 6.54 Å². The second-order valence-corrected chi connectivity index (χ2v) is 7.33. The quantitative estimate of drug-likeness (QED) is 0.214. The van der Waals surface area contributed by atoms with Crippen molar-refractivity contribution in [2.45, 2.75) is 71.1 Å². The lowest BCUT2D eigenvalue weighted by molar-refractivity contribution is -0.132. The third-order valence-electron chi connectivity index (χ3n) is 3.36. The Kier molecular flexibility index (Phi) is 12.4. The fraction of sp³-hybridized carbons (Fsp3) is 0.867. The number of hydrogen-bond acceptors (Lipinski definition) is 5. The van der Waals surface area contributed by atoms with E-state index in [0.29, 0.717) is 6.42 Å². The van der Waals surface area contributed by atoms with Crippen LogP contribution in [0.4, 0.5) is 0 Å². The van der Waals surface area contributed by atoms with E-state index in [4.69, 9.17) is 11.5 Å².